The van der Waals surface area contributed by atoms with E-state index in [0.29, 0.717) is 0 Å². The summed E-state index contributed by atoms with van der Waals surface area (Å²) in [7, 11) is 0. The van der Waals surface area contributed by atoms with E-state index in [2.05, 4.69) is 15.4 Å². The summed E-state index contributed by atoms with van der Waals surface area (Å²) < 4.78 is 0. The Morgan fingerprint density at radius 2 is 1.26 bits per heavy atom. The van der Waals surface area contributed by atoms with E-state index in [1.165, 1.54) is 6.21 Å². The maximum absolute atomic E-state index is 11.1. The van der Waals surface area contributed by atoms with Gasteiger partial charge in [0, 0.05) is 17.1 Å². The lowest BCUT2D eigenvalue weighted by atomic mass is 10.1. The Morgan fingerprint density at radius 3 is 1.74 bits per heavy atom. The highest BCUT2D eigenvalue weighted by Gasteiger charge is 2.11. The van der Waals surface area contributed by atoms with Gasteiger partial charge in [0.1, 0.15) is 0 Å². The summed E-state index contributed by atoms with van der Waals surface area (Å²) in [6.07, 6.45) is 1.44. The molecule has 27 heavy (non-hydrogen) atoms. The van der Waals surface area contributed by atoms with Gasteiger partial charge in [-0.15, -0.1) is 0 Å². The fourth-order valence-corrected chi connectivity index (χ4v) is 2.53. The number of hydrogen-bond donors (Lipinski definition) is 2. The van der Waals surface area contributed by atoms with E-state index in [4.69, 9.17) is 5.73 Å². The molecule has 134 valence electrons. The third-order valence-electron chi connectivity index (χ3n) is 3.78. The van der Waals surface area contributed by atoms with E-state index in [9.17, 15) is 9.59 Å². The molecule has 0 saturated carbocycles. The summed E-state index contributed by atoms with van der Waals surface area (Å²) in [5.41, 5.74) is 10.7. The monoisotopic (exact) mass is 358 g/mol. The summed E-state index contributed by atoms with van der Waals surface area (Å²) in [6.45, 7) is 0. The van der Waals surface area contributed by atoms with Crippen molar-refractivity contribution < 1.29 is 9.59 Å². The summed E-state index contributed by atoms with van der Waals surface area (Å²) in [4.78, 5) is 23.9. The van der Waals surface area contributed by atoms with Crippen molar-refractivity contribution in [3.05, 3.63) is 90.5 Å². The number of primary amides is 1. The Morgan fingerprint density at radius 1 is 0.778 bits per heavy atom. The van der Waals surface area contributed by atoms with Crippen LogP contribution in [0.2, 0.25) is 0 Å². The molecule has 0 aromatic heterocycles. The number of hydrazone groups is 1. The fraction of sp³-hybridized carbons (Fsp3) is 0. The van der Waals surface area contributed by atoms with Gasteiger partial charge in [-0.05, 0) is 42.0 Å². The van der Waals surface area contributed by atoms with Gasteiger partial charge in [-0.3, -0.25) is 9.59 Å². The van der Waals surface area contributed by atoms with Crippen LogP contribution in [0.5, 0.6) is 0 Å². The van der Waals surface area contributed by atoms with Gasteiger partial charge in [0.05, 0.1) is 6.21 Å². The van der Waals surface area contributed by atoms with Gasteiger partial charge in [0.2, 0.25) is 0 Å². The van der Waals surface area contributed by atoms with Crippen molar-refractivity contribution in [2.45, 2.75) is 0 Å². The van der Waals surface area contributed by atoms with Crippen molar-refractivity contribution in [2.24, 2.45) is 10.8 Å². The number of carbonyl (C=O) groups is 2. The molecule has 0 atom stereocenters. The number of rotatable bonds is 5. The molecule has 6 nitrogen and oxygen atoms in total. The number of anilines is 3. The van der Waals surface area contributed by atoms with Gasteiger partial charge in [0.15, 0.2) is 0 Å². The number of para-hydroxylation sites is 2. The van der Waals surface area contributed by atoms with Crippen LogP contribution in [0.15, 0.2) is 90.0 Å². The Labute approximate surface area is 156 Å². The van der Waals surface area contributed by atoms with E-state index in [-0.39, 0.29) is 0 Å². The van der Waals surface area contributed by atoms with E-state index in [1.807, 2.05) is 84.9 Å². The fourth-order valence-electron chi connectivity index (χ4n) is 2.53. The molecule has 0 spiro atoms. The number of carbonyl (C=O) groups excluding carboxylic acids is 2. The average molecular weight is 358 g/mol. The van der Waals surface area contributed by atoms with E-state index in [0.717, 1.165) is 22.6 Å². The molecular weight excluding hydrogens is 340 g/mol. The Balaban J connectivity index is 1.85. The molecule has 0 aliphatic heterocycles. The molecule has 0 radical (unpaired) electrons. The number of nitrogens with zero attached hydrogens (tertiary/aromatic N) is 2. The van der Waals surface area contributed by atoms with E-state index >= 15 is 0 Å². The minimum atomic E-state index is -1.08. The number of amides is 2. The van der Waals surface area contributed by atoms with Gasteiger partial charge >= 0.3 is 11.8 Å². The molecule has 6 heteroatoms. The van der Waals surface area contributed by atoms with Crippen LogP contribution in [0.25, 0.3) is 0 Å². The molecular formula is C21H18N4O2. The highest BCUT2D eigenvalue weighted by atomic mass is 16.2. The molecule has 0 fully saturated rings. The Bertz CT molecular complexity index is 899. The summed E-state index contributed by atoms with van der Waals surface area (Å²) in [5.74, 6) is -2.04. The lowest BCUT2D eigenvalue weighted by Crippen LogP contribution is -2.32. The van der Waals surface area contributed by atoms with Crippen LogP contribution >= 0.6 is 0 Å². The molecule has 0 bridgehead atoms. The molecule has 0 unspecified atom stereocenters. The minimum absolute atomic E-state index is 0.768. The van der Waals surface area contributed by atoms with Crippen LogP contribution in [-0.4, -0.2) is 18.0 Å². The normalized spacial score (nSPS) is 10.5. The predicted octanol–water partition coefficient (Wildman–Crippen LogP) is 3.09. The third-order valence-corrected chi connectivity index (χ3v) is 3.78. The first-order valence-electron chi connectivity index (χ1n) is 8.28. The zero-order valence-corrected chi connectivity index (χ0v) is 14.4. The van der Waals surface area contributed by atoms with Crippen LogP contribution in [0.3, 0.4) is 0 Å². The molecule has 0 aliphatic rings. The highest BCUT2D eigenvalue weighted by molar-refractivity contribution is 6.34. The predicted molar refractivity (Wildman–Crippen MR) is 106 cm³/mol. The molecule has 3 aromatic rings. The van der Waals surface area contributed by atoms with Crippen molar-refractivity contribution >= 4 is 35.1 Å². The molecule has 0 saturated heterocycles. The average Bonchev–Trinajstić information content (AvgIpc) is 2.71. The zero-order chi connectivity index (χ0) is 19.1. The molecule has 3 aromatic carbocycles. The van der Waals surface area contributed by atoms with Crippen LogP contribution in [0, 0.1) is 0 Å². The third kappa shape index (κ3) is 4.58. The second-order valence-corrected chi connectivity index (χ2v) is 5.66. The first-order chi connectivity index (χ1) is 13.1. The second-order valence-electron chi connectivity index (χ2n) is 5.66. The van der Waals surface area contributed by atoms with Crippen LogP contribution in [0.4, 0.5) is 17.1 Å². The van der Waals surface area contributed by atoms with Crippen molar-refractivity contribution in [3.8, 4) is 0 Å². The van der Waals surface area contributed by atoms with Crippen molar-refractivity contribution in [1.82, 2.24) is 5.43 Å². The topological polar surface area (TPSA) is 87.8 Å². The summed E-state index contributed by atoms with van der Waals surface area (Å²) >= 11 is 0. The van der Waals surface area contributed by atoms with Gasteiger partial charge in [-0.2, -0.15) is 5.10 Å². The number of hydrogen-bond acceptors (Lipinski definition) is 4. The lowest BCUT2D eigenvalue weighted by molar-refractivity contribution is -0.137. The van der Waals surface area contributed by atoms with Gasteiger partial charge in [-0.25, -0.2) is 5.43 Å². The minimum Gasteiger partial charge on any atom is -0.361 e. The summed E-state index contributed by atoms with van der Waals surface area (Å²) in [5, 5.41) is 3.71. The summed E-state index contributed by atoms with van der Waals surface area (Å²) in [6, 6.07) is 27.8. The molecule has 0 aliphatic carbocycles. The molecule has 3 rings (SSSR count). The van der Waals surface area contributed by atoms with Crippen molar-refractivity contribution in [2.75, 3.05) is 4.90 Å². The van der Waals surface area contributed by atoms with Crippen LogP contribution in [-0.2, 0) is 9.59 Å². The lowest BCUT2D eigenvalue weighted by Gasteiger charge is -2.25. The zero-order valence-electron chi connectivity index (χ0n) is 14.4. The van der Waals surface area contributed by atoms with Gasteiger partial charge < -0.3 is 10.6 Å². The Hall–Kier alpha value is -3.93. The number of benzene rings is 3. The first-order valence-corrected chi connectivity index (χ1v) is 8.28. The number of nitrogens with one attached hydrogen (secondary N) is 1. The van der Waals surface area contributed by atoms with Crippen LogP contribution < -0.4 is 16.1 Å². The SMILES string of the molecule is NC(=O)C(=O)N/N=C\c1ccc(N(c2ccccc2)c2ccccc2)cc1. The van der Waals surface area contributed by atoms with Gasteiger partial charge in [0.25, 0.3) is 0 Å². The maximum atomic E-state index is 11.1. The van der Waals surface area contributed by atoms with E-state index < -0.39 is 11.8 Å². The smallest absolute Gasteiger partial charge is 0.329 e. The quantitative estimate of drug-likeness (QED) is 0.417. The Kier molecular flexibility index (Phi) is 5.59. The largest absolute Gasteiger partial charge is 0.361 e. The maximum Gasteiger partial charge on any atom is 0.329 e. The van der Waals surface area contributed by atoms with Crippen molar-refractivity contribution in [3.63, 3.8) is 0 Å². The molecule has 3 N–H and O–H groups in total. The van der Waals surface area contributed by atoms with Crippen molar-refractivity contribution in [1.29, 1.82) is 0 Å². The van der Waals surface area contributed by atoms with Crippen LogP contribution in [0.1, 0.15) is 5.56 Å². The molecule has 2 amide bonds. The number of nitrogens with two attached hydrogens (primary N) is 1. The second kappa shape index (κ2) is 8.44. The highest BCUT2D eigenvalue weighted by Crippen LogP contribution is 2.33. The molecule has 0 heterocycles. The van der Waals surface area contributed by atoms with E-state index in [1.54, 1.807) is 0 Å². The first kappa shape index (κ1) is 17.9. The standard InChI is InChI=1S/C21H18N4O2/c22-20(26)21(27)24-23-15-16-11-13-19(14-12-16)25(17-7-3-1-4-8-17)18-9-5-2-6-10-18/h1-15H,(H2,22,26)(H,24,27)/b23-15-. The van der Waals surface area contributed by atoms with Gasteiger partial charge in [-0.1, -0.05) is 48.5 Å².